The highest BCUT2D eigenvalue weighted by Gasteiger charge is 2.21. The number of carbonyl (C=O) groups excluding carboxylic acids is 2. The molecule has 0 saturated carbocycles. The zero-order chi connectivity index (χ0) is 20.3. The van der Waals surface area contributed by atoms with Crippen LogP contribution in [0.3, 0.4) is 0 Å². The molecule has 1 aliphatic rings. The zero-order valence-corrected chi connectivity index (χ0v) is 17.0. The lowest BCUT2D eigenvalue weighted by Gasteiger charge is -2.35. The van der Waals surface area contributed by atoms with Gasteiger partial charge in [0.2, 0.25) is 5.91 Å². The predicted molar refractivity (Wildman–Crippen MR) is 110 cm³/mol. The van der Waals surface area contributed by atoms with Crippen LogP contribution in [0.25, 0.3) is 0 Å². The first kappa shape index (κ1) is 19.8. The van der Waals surface area contributed by atoms with Gasteiger partial charge < -0.3 is 15.1 Å². The van der Waals surface area contributed by atoms with Crippen molar-refractivity contribution in [1.29, 1.82) is 0 Å². The lowest BCUT2D eigenvalue weighted by atomic mass is 10.1. The molecule has 0 unspecified atom stereocenters. The van der Waals surface area contributed by atoms with Gasteiger partial charge in [-0.15, -0.1) is 0 Å². The Balaban J connectivity index is 1.80. The fourth-order valence-corrected chi connectivity index (χ4v) is 3.46. The molecule has 2 aromatic rings. The third-order valence-electron chi connectivity index (χ3n) is 5.08. The van der Waals surface area contributed by atoms with Gasteiger partial charge in [0.25, 0.3) is 5.91 Å². The molecule has 7 heteroatoms. The molecule has 2 amide bonds. The van der Waals surface area contributed by atoms with E-state index in [0.29, 0.717) is 37.7 Å². The van der Waals surface area contributed by atoms with Gasteiger partial charge in [0.15, 0.2) is 0 Å². The minimum absolute atomic E-state index is 0.0866. The van der Waals surface area contributed by atoms with E-state index >= 15 is 0 Å². The largest absolute Gasteiger partial charge is 0.353 e. The summed E-state index contributed by atoms with van der Waals surface area (Å²) in [6.45, 7) is 10.1. The fraction of sp³-hybridized carbons (Fsp3) is 0.429. The standard InChI is InChI=1S/C21H27N5O2/c1-5-17-8-6-7-14(2)20(17)24-21(28)18-13-19(23-15(3)22-18)26-11-9-25(10-12-26)16(4)27/h6-8,13H,5,9-12H2,1-4H3,(H,24,28). The average molecular weight is 381 g/mol. The van der Waals surface area contributed by atoms with Crippen LogP contribution < -0.4 is 10.2 Å². The van der Waals surface area contributed by atoms with Crippen LogP contribution in [0.15, 0.2) is 24.3 Å². The van der Waals surface area contributed by atoms with E-state index < -0.39 is 0 Å². The topological polar surface area (TPSA) is 78.4 Å². The number of amides is 2. The third kappa shape index (κ3) is 4.30. The second-order valence-corrected chi connectivity index (χ2v) is 7.07. The van der Waals surface area contributed by atoms with E-state index in [1.165, 1.54) is 0 Å². The molecule has 1 aromatic carbocycles. The van der Waals surface area contributed by atoms with Crippen LogP contribution in [0.1, 0.15) is 41.3 Å². The molecule has 0 bridgehead atoms. The maximum atomic E-state index is 12.9. The number of rotatable bonds is 4. The van der Waals surface area contributed by atoms with Gasteiger partial charge in [0.1, 0.15) is 17.3 Å². The Morgan fingerprint density at radius 1 is 1.11 bits per heavy atom. The van der Waals surface area contributed by atoms with E-state index in [2.05, 4.69) is 27.1 Å². The Labute approximate surface area is 165 Å². The van der Waals surface area contributed by atoms with Crippen LogP contribution >= 0.6 is 0 Å². The lowest BCUT2D eigenvalue weighted by molar-refractivity contribution is -0.129. The molecule has 28 heavy (non-hydrogen) atoms. The van der Waals surface area contributed by atoms with Crippen molar-refractivity contribution < 1.29 is 9.59 Å². The maximum absolute atomic E-state index is 12.9. The van der Waals surface area contributed by atoms with Gasteiger partial charge in [-0.1, -0.05) is 25.1 Å². The van der Waals surface area contributed by atoms with Crippen molar-refractivity contribution >= 4 is 23.3 Å². The summed E-state index contributed by atoms with van der Waals surface area (Å²) >= 11 is 0. The van der Waals surface area contributed by atoms with Crippen molar-refractivity contribution in [2.75, 3.05) is 36.4 Å². The summed E-state index contributed by atoms with van der Waals surface area (Å²) in [6, 6.07) is 7.74. The van der Waals surface area contributed by atoms with Crippen molar-refractivity contribution in [3.05, 3.63) is 46.9 Å². The second-order valence-electron chi connectivity index (χ2n) is 7.07. The first-order valence-electron chi connectivity index (χ1n) is 9.65. The smallest absolute Gasteiger partial charge is 0.274 e. The summed E-state index contributed by atoms with van der Waals surface area (Å²) in [6.07, 6.45) is 0.839. The van der Waals surface area contributed by atoms with Crippen molar-refractivity contribution in [2.24, 2.45) is 0 Å². The van der Waals surface area contributed by atoms with Crippen LogP contribution in [-0.2, 0) is 11.2 Å². The van der Waals surface area contributed by atoms with E-state index in [9.17, 15) is 9.59 Å². The molecule has 148 valence electrons. The number of piperazine rings is 1. The molecule has 1 aromatic heterocycles. The van der Waals surface area contributed by atoms with Gasteiger partial charge in [0, 0.05) is 44.9 Å². The number of nitrogens with one attached hydrogen (secondary N) is 1. The third-order valence-corrected chi connectivity index (χ3v) is 5.08. The first-order chi connectivity index (χ1) is 13.4. The number of anilines is 2. The molecule has 1 fully saturated rings. The van der Waals surface area contributed by atoms with Crippen LogP contribution in [-0.4, -0.2) is 52.9 Å². The summed E-state index contributed by atoms with van der Waals surface area (Å²) in [7, 11) is 0. The molecule has 1 N–H and O–H groups in total. The molecule has 2 heterocycles. The highest BCUT2D eigenvalue weighted by molar-refractivity contribution is 6.04. The van der Waals surface area contributed by atoms with Crippen LogP contribution in [0, 0.1) is 13.8 Å². The number of benzene rings is 1. The van der Waals surface area contributed by atoms with Gasteiger partial charge >= 0.3 is 0 Å². The summed E-state index contributed by atoms with van der Waals surface area (Å²) in [5.74, 6) is 1.13. The van der Waals surface area contributed by atoms with Crippen molar-refractivity contribution in [2.45, 2.75) is 34.1 Å². The van der Waals surface area contributed by atoms with E-state index in [0.717, 1.165) is 29.1 Å². The Bertz CT molecular complexity index is 888. The Hall–Kier alpha value is -2.96. The molecule has 0 aliphatic carbocycles. The van der Waals surface area contributed by atoms with Crippen LogP contribution in [0.5, 0.6) is 0 Å². The van der Waals surface area contributed by atoms with Crippen molar-refractivity contribution in [1.82, 2.24) is 14.9 Å². The molecule has 1 saturated heterocycles. The minimum Gasteiger partial charge on any atom is -0.353 e. The van der Waals surface area contributed by atoms with Crippen LogP contribution in [0.4, 0.5) is 11.5 Å². The highest BCUT2D eigenvalue weighted by Crippen LogP contribution is 2.22. The molecule has 1 aliphatic heterocycles. The Morgan fingerprint density at radius 3 is 2.46 bits per heavy atom. The van der Waals surface area contributed by atoms with Crippen molar-refractivity contribution in [3.63, 3.8) is 0 Å². The zero-order valence-electron chi connectivity index (χ0n) is 17.0. The molecule has 0 spiro atoms. The molecule has 3 rings (SSSR count). The maximum Gasteiger partial charge on any atom is 0.274 e. The number of para-hydroxylation sites is 1. The van der Waals surface area contributed by atoms with Gasteiger partial charge in [-0.3, -0.25) is 9.59 Å². The van der Waals surface area contributed by atoms with Gasteiger partial charge in [-0.25, -0.2) is 9.97 Å². The molecular weight excluding hydrogens is 354 g/mol. The number of aromatic nitrogens is 2. The van der Waals surface area contributed by atoms with E-state index in [4.69, 9.17) is 0 Å². The lowest BCUT2D eigenvalue weighted by Crippen LogP contribution is -2.48. The second kappa shape index (κ2) is 8.37. The highest BCUT2D eigenvalue weighted by atomic mass is 16.2. The quantitative estimate of drug-likeness (QED) is 0.881. The first-order valence-corrected chi connectivity index (χ1v) is 9.65. The van der Waals surface area contributed by atoms with Gasteiger partial charge in [-0.05, 0) is 31.4 Å². The molecule has 7 nitrogen and oxygen atoms in total. The van der Waals surface area contributed by atoms with E-state index in [-0.39, 0.29) is 11.8 Å². The minimum atomic E-state index is -0.238. The Kier molecular flexibility index (Phi) is 5.92. The van der Waals surface area contributed by atoms with E-state index in [1.54, 1.807) is 19.9 Å². The molecular formula is C21H27N5O2. The van der Waals surface area contributed by atoms with Gasteiger partial charge in [-0.2, -0.15) is 0 Å². The Morgan fingerprint density at radius 2 is 1.82 bits per heavy atom. The monoisotopic (exact) mass is 381 g/mol. The molecule has 0 radical (unpaired) electrons. The summed E-state index contributed by atoms with van der Waals surface area (Å²) < 4.78 is 0. The number of carbonyl (C=O) groups is 2. The predicted octanol–water partition coefficient (Wildman–Crippen LogP) is 2.58. The number of hydrogen-bond donors (Lipinski definition) is 1. The average Bonchev–Trinajstić information content (AvgIpc) is 2.69. The number of nitrogens with zero attached hydrogens (tertiary/aromatic N) is 4. The van der Waals surface area contributed by atoms with Gasteiger partial charge in [0.05, 0.1) is 0 Å². The fourth-order valence-electron chi connectivity index (χ4n) is 3.46. The molecule has 0 atom stereocenters. The summed E-state index contributed by atoms with van der Waals surface area (Å²) in [5, 5.41) is 3.02. The van der Waals surface area contributed by atoms with Crippen LogP contribution in [0.2, 0.25) is 0 Å². The number of aryl methyl sites for hydroxylation is 3. The van der Waals surface area contributed by atoms with E-state index in [1.807, 2.05) is 30.0 Å². The van der Waals surface area contributed by atoms with Crippen molar-refractivity contribution in [3.8, 4) is 0 Å². The summed E-state index contributed by atoms with van der Waals surface area (Å²) in [4.78, 5) is 37.2. The normalized spacial score (nSPS) is 14.1. The summed E-state index contributed by atoms with van der Waals surface area (Å²) in [5.41, 5.74) is 3.32. The SMILES string of the molecule is CCc1cccc(C)c1NC(=O)c1cc(N2CCN(C(C)=O)CC2)nc(C)n1. The number of hydrogen-bond acceptors (Lipinski definition) is 5.